The number of hydrogen-bond donors (Lipinski definition) is 1. The fourth-order valence-electron chi connectivity index (χ4n) is 1.44. The van der Waals surface area contributed by atoms with Gasteiger partial charge in [-0.1, -0.05) is 29.8 Å². The molecule has 0 saturated carbocycles. The van der Waals surface area contributed by atoms with E-state index in [-0.39, 0.29) is 4.91 Å². The number of amidine groups is 1. The first-order valence-corrected chi connectivity index (χ1v) is 6.86. The molecule has 0 atom stereocenters. The minimum Gasteiger partial charge on any atom is -0.466 e. The van der Waals surface area contributed by atoms with Gasteiger partial charge in [0.15, 0.2) is 5.17 Å². The third kappa shape index (κ3) is 4.28. The molecule has 0 aliphatic carbocycles. The van der Waals surface area contributed by atoms with E-state index in [1.807, 2.05) is 31.2 Å². The summed E-state index contributed by atoms with van der Waals surface area (Å²) in [5.41, 5.74) is 2.07. The average molecular weight is 303 g/mol. The number of carbonyl (C=O) groups is 2. The molecule has 7 heteroatoms. The van der Waals surface area contributed by atoms with Crippen LogP contribution in [0.15, 0.2) is 45.4 Å². The van der Waals surface area contributed by atoms with Crippen LogP contribution in [0.4, 0.5) is 0 Å². The van der Waals surface area contributed by atoms with E-state index in [4.69, 9.17) is 0 Å². The summed E-state index contributed by atoms with van der Waals surface area (Å²) in [4.78, 5) is 22.9. The van der Waals surface area contributed by atoms with Crippen molar-refractivity contribution >= 4 is 35.0 Å². The van der Waals surface area contributed by atoms with E-state index in [0.29, 0.717) is 5.17 Å². The Morgan fingerprint density at radius 3 is 2.71 bits per heavy atom. The standard InChI is InChI=1S/C14H13N3O3S/c1-9-3-5-10(6-4-9)8-15-17-14-16-13(19)11(21-14)7-12(18)20-2/h3-8H,1-2H3,(H,16,17,19)/b11-7+,15-8?. The van der Waals surface area contributed by atoms with Crippen molar-refractivity contribution in [2.24, 2.45) is 10.2 Å². The number of hydrogen-bond acceptors (Lipinski definition) is 6. The van der Waals surface area contributed by atoms with E-state index >= 15 is 0 Å². The summed E-state index contributed by atoms with van der Waals surface area (Å²) in [5.74, 6) is -0.980. The van der Waals surface area contributed by atoms with Gasteiger partial charge < -0.3 is 4.74 Å². The molecular formula is C14H13N3O3S. The van der Waals surface area contributed by atoms with E-state index in [9.17, 15) is 9.59 Å². The zero-order valence-electron chi connectivity index (χ0n) is 11.5. The minimum absolute atomic E-state index is 0.228. The molecule has 6 nitrogen and oxygen atoms in total. The number of esters is 1. The largest absolute Gasteiger partial charge is 0.466 e. The van der Waals surface area contributed by atoms with Crippen molar-refractivity contribution in [1.29, 1.82) is 0 Å². The van der Waals surface area contributed by atoms with E-state index in [1.54, 1.807) is 6.21 Å². The van der Waals surface area contributed by atoms with Crippen molar-refractivity contribution in [3.8, 4) is 0 Å². The van der Waals surface area contributed by atoms with E-state index < -0.39 is 11.9 Å². The summed E-state index contributed by atoms with van der Waals surface area (Å²) in [7, 11) is 1.25. The van der Waals surface area contributed by atoms with Crippen LogP contribution in [0, 0.1) is 6.92 Å². The molecule has 1 heterocycles. The highest BCUT2D eigenvalue weighted by atomic mass is 32.2. The van der Waals surface area contributed by atoms with Gasteiger partial charge in [-0.15, -0.1) is 5.10 Å². The van der Waals surface area contributed by atoms with Crippen LogP contribution in [-0.2, 0) is 14.3 Å². The van der Waals surface area contributed by atoms with E-state index in [1.165, 1.54) is 7.11 Å². The van der Waals surface area contributed by atoms with Crippen LogP contribution in [0.25, 0.3) is 0 Å². The molecular weight excluding hydrogens is 290 g/mol. The SMILES string of the molecule is COC(=O)/C=C1/SC(=NN=Cc2ccc(C)cc2)NC1=O. The Hall–Kier alpha value is -2.41. The molecule has 0 bridgehead atoms. The van der Waals surface area contributed by atoms with Gasteiger partial charge in [-0.2, -0.15) is 5.10 Å². The number of ether oxygens (including phenoxy) is 1. The maximum Gasteiger partial charge on any atom is 0.331 e. The summed E-state index contributed by atoms with van der Waals surface area (Å²) in [6.45, 7) is 2.00. The predicted octanol–water partition coefficient (Wildman–Crippen LogP) is 1.60. The quantitative estimate of drug-likeness (QED) is 0.398. The van der Waals surface area contributed by atoms with Crippen LogP contribution in [0.2, 0.25) is 0 Å². The number of amides is 1. The maximum atomic E-state index is 11.6. The van der Waals surface area contributed by atoms with Crippen molar-refractivity contribution in [3.63, 3.8) is 0 Å². The molecule has 0 radical (unpaired) electrons. The molecule has 1 saturated heterocycles. The van der Waals surface area contributed by atoms with Gasteiger partial charge in [0.25, 0.3) is 5.91 Å². The number of benzene rings is 1. The third-order valence-electron chi connectivity index (χ3n) is 2.53. The van der Waals surface area contributed by atoms with Crippen molar-refractivity contribution in [1.82, 2.24) is 5.32 Å². The summed E-state index contributed by atoms with van der Waals surface area (Å²) < 4.78 is 4.47. The summed E-state index contributed by atoms with van der Waals surface area (Å²) >= 11 is 1.04. The van der Waals surface area contributed by atoms with E-state index in [2.05, 4.69) is 20.3 Å². The molecule has 0 aromatic heterocycles. The van der Waals surface area contributed by atoms with Gasteiger partial charge in [0.2, 0.25) is 0 Å². The number of thioether (sulfide) groups is 1. The number of nitrogens with zero attached hydrogens (tertiary/aromatic N) is 2. The normalized spacial score (nSPS) is 18.5. The van der Waals surface area contributed by atoms with Crippen molar-refractivity contribution in [2.45, 2.75) is 6.92 Å². The van der Waals surface area contributed by atoms with Gasteiger partial charge in [0.1, 0.15) is 0 Å². The second-order valence-electron chi connectivity index (χ2n) is 4.15. The molecule has 1 aliphatic heterocycles. The lowest BCUT2D eigenvalue weighted by Gasteiger charge is -1.93. The van der Waals surface area contributed by atoms with Gasteiger partial charge >= 0.3 is 5.97 Å². The number of carbonyl (C=O) groups excluding carboxylic acids is 2. The summed E-state index contributed by atoms with van der Waals surface area (Å²) in [5, 5.41) is 10.6. The lowest BCUT2D eigenvalue weighted by Crippen LogP contribution is -2.19. The Morgan fingerprint density at radius 2 is 2.05 bits per heavy atom. The Morgan fingerprint density at radius 1 is 1.33 bits per heavy atom. The predicted molar refractivity (Wildman–Crippen MR) is 82.0 cm³/mol. The van der Waals surface area contributed by atoms with Crippen molar-refractivity contribution in [3.05, 3.63) is 46.4 Å². The molecule has 0 unspecified atom stereocenters. The van der Waals surface area contributed by atoms with Gasteiger partial charge in [-0.25, -0.2) is 4.79 Å². The van der Waals surface area contributed by atoms with Crippen molar-refractivity contribution < 1.29 is 14.3 Å². The van der Waals surface area contributed by atoms with Gasteiger partial charge in [0, 0.05) is 6.08 Å². The number of methoxy groups -OCH3 is 1. The zero-order chi connectivity index (χ0) is 15.2. The average Bonchev–Trinajstić information content (AvgIpc) is 2.81. The Kier molecular flexibility index (Phi) is 4.89. The minimum atomic E-state index is -0.586. The first kappa shape index (κ1) is 15.0. The topological polar surface area (TPSA) is 80.1 Å². The van der Waals surface area contributed by atoms with Crippen LogP contribution in [-0.4, -0.2) is 30.4 Å². The molecule has 0 spiro atoms. The third-order valence-corrected chi connectivity index (χ3v) is 3.43. The van der Waals surface area contributed by atoms with Crippen LogP contribution in [0.5, 0.6) is 0 Å². The fraction of sp³-hybridized carbons (Fsp3) is 0.143. The smallest absolute Gasteiger partial charge is 0.331 e. The molecule has 1 fully saturated rings. The lowest BCUT2D eigenvalue weighted by molar-refractivity contribution is -0.135. The van der Waals surface area contributed by atoms with Gasteiger partial charge in [-0.3, -0.25) is 10.1 Å². The van der Waals surface area contributed by atoms with Crippen molar-refractivity contribution in [2.75, 3.05) is 7.11 Å². The molecule has 1 aromatic rings. The first-order chi connectivity index (χ1) is 10.1. The second-order valence-corrected chi connectivity index (χ2v) is 5.18. The van der Waals surface area contributed by atoms with Crippen LogP contribution in [0.1, 0.15) is 11.1 Å². The molecule has 1 amide bonds. The van der Waals surface area contributed by atoms with Crippen LogP contribution in [0.3, 0.4) is 0 Å². The molecule has 2 rings (SSSR count). The Bertz CT molecular complexity index is 648. The lowest BCUT2D eigenvalue weighted by atomic mass is 10.2. The number of rotatable bonds is 3. The van der Waals surface area contributed by atoms with Crippen LogP contribution < -0.4 is 5.32 Å². The Balaban J connectivity index is 2.03. The highest BCUT2D eigenvalue weighted by Gasteiger charge is 2.24. The molecule has 21 heavy (non-hydrogen) atoms. The maximum absolute atomic E-state index is 11.6. The molecule has 1 aromatic carbocycles. The summed E-state index contributed by atoms with van der Waals surface area (Å²) in [6.07, 6.45) is 2.70. The van der Waals surface area contributed by atoms with Crippen LogP contribution >= 0.6 is 11.8 Å². The molecule has 108 valence electrons. The molecule has 1 aliphatic rings. The summed E-state index contributed by atoms with van der Waals surface area (Å²) in [6, 6.07) is 7.78. The number of aryl methyl sites for hydroxylation is 1. The monoisotopic (exact) mass is 303 g/mol. The Labute approximate surface area is 126 Å². The fourth-order valence-corrected chi connectivity index (χ4v) is 2.18. The van der Waals surface area contributed by atoms with Gasteiger partial charge in [-0.05, 0) is 24.2 Å². The first-order valence-electron chi connectivity index (χ1n) is 6.05. The second kappa shape index (κ2) is 6.85. The highest BCUT2D eigenvalue weighted by Crippen LogP contribution is 2.23. The van der Waals surface area contributed by atoms with Gasteiger partial charge in [0.05, 0.1) is 18.2 Å². The molecule has 1 N–H and O–H groups in total. The van der Waals surface area contributed by atoms with E-state index in [0.717, 1.165) is 29.0 Å². The number of nitrogens with one attached hydrogen (secondary N) is 1. The highest BCUT2D eigenvalue weighted by molar-refractivity contribution is 8.18. The zero-order valence-corrected chi connectivity index (χ0v) is 12.3.